The number of hydrogen-bond acceptors (Lipinski definition) is 6. The van der Waals surface area contributed by atoms with Gasteiger partial charge in [-0.1, -0.05) is 0 Å². The second-order valence-corrected chi connectivity index (χ2v) is 6.10. The second kappa shape index (κ2) is 7.87. The molecule has 2 aromatic carbocycles. The molecule has 0 unspecified atom stereocenters. The molecule has 1 aliphatic rings. The number of fused-ring (bicyclic) bond motifs is 1. The minimum atomic E-state index is -0.281. The van der Waals surface area contributed by atoms with E-state index in [1.165, 1.54) is 0 Å². The number of anilines is 3. The molecule has 2 N–H and O–H groups in total. The van der Waals surface area contributed by atoms with Crippen molar-refractivity contribution in [1.29, 1.82) is 0 Å². The number of pyridine rings is 1. The van der Waals surface area contributed by atoms with E-state index < -0.39 is 0 Å². The van der Waals surface area contributed by atoms with Crippen molar-refractivity contribution in [3.05, 3.63) is 66.5 Å². The Labute approximate surface area is 162 Å². The lowest BCUT2D eigenvalue weighted by Gasteiger charge is -2.19. The summed E-state index contributed by atoms with van der Waals surface area (Å²) in [7, 11) is 1.60. The monoisotopic (exact) mass is 377 g/mol. The normalized spacial score (nSPS) is 12.2. The van der Waals surface area contributed by atoms with E-state index in [0.29, 0.717) is 30.3 Å². The van der Waals surface area contributed by atoms with E-state index in [9.17, 15) is 4.79 Å². The van der Waals surface area contributed by atoms with Crippen LogP contribution in [-0.4, -0.2) is 31.2 Å². The number of amides is 1. The van der Waals surface area contributed by atoms with Crippen LogP contribution in [-0.2, 0) is 0 Å². The van der Waals surface area contributed by atoms with E-state index in [1.54, 1.807) is 49.7 Å². The molecule has 3 aromatic rings. The molecule has 0 bridgehead atoms. The molecule has 0 radical (unpaired) electrons. The molecule has 4 rings (SSSR count). The van der Waals surface area contributed by atoms with Gasteiger partial charge in [0.2, 0.25) is 0 Å². The summed E-state index contributed by atoms with van der Waals surface area (Å²) >= 11 is 0. The molecule has 0 atom stereocenters. The molecule has 7 nitrogen and oxygen atoms in total. The molecule has 2 heterocycles. The van der Waals surface area contributed by atoms with Crippen molar-refractivity contribution in [3.63, 3.8) is 0 Å². The van der Waals surface area contributed by atoms with Crippen molar-refractivity contribution in [3.8, 4) is 17.2 Å². The Morgan fingerprint density at radius 2 is 1.64 bits per heavy atom. The summed E-state index contributed by atoms with van der Waals surface area (Å²) in [6.45, 7) is 1.10. The smallest absolute Gasteiger partial charge is 0.274 e. The average Bonchev–Trinajstić information content (AvgIpc) is 2.75. The number of rotatable bonds is 5. The van der Waals surface area contributed by atoms with Crippen molar-refractivity contribution in [1.82, 2.24) is 4.98 Å². The van der Waals surface area contributed by atoms with E-state index in [-0.39, 0.29) is 5.91 Å². The number of carbonyl (C=O) groups is 1. The third-order valence-electron chi connectivity index (χ3n) is 4.17. The minimum Gasteiger partial charge on any atom is -0.497 e. The number of hydrogen-bond donors (Lipinski definition) is 2. The van der Waals surface area contributed by atoms with E-state index in [1.807, 2.05) is 18.2 Å². The first-order chi connectivity index (χ1) is 13.7. The van der Waals surface area contributed by atoms with Crippen LogP contribution in [0.2, 0.25) is 0 Å². The van der Waals surface area contributed by atoms with E-state index in [2.05, 4.69) is 15.6 Å². The summed E-state index contributed by atoms with van der Waals surface area (Å²) in [4.78, 5) is 16.6. The molecular weight excluding hydrogens is 358 g/mol. The Bertz CT molecular complexity index is 972. The van der Waals surface area contributed by atoms with Gasteiger partial charge in [-0.25, -0.2) is 4.98 Å². The average molecular weight is 377 g/mol. The largest absolute Gasteiger partial charge is 0.497 e. The Morgan fingerprint density at radius 3 is 2.36 bits per heavy atom. The summed E-state index contributed by atoms with van der Waals surface area (Å²) < 4.78 is 16.2. The predicted molar refractivity (Wildman–Crippen MR) is 106 cm³/mol. The highest BCUT2D eigenvalue weighted by Gasteiger charge is 2.12. The maximum Gasteiger partial charge on any atom is 0.274 e. The highest BCUT2D eigenvalue weighted by molar-refractivity contribution is 6.03. The number of benzene rings is 2. The van der Waals surface area contributed by atoms with Crippen LogP contribution in [0.5, 0.6) is 17.2 Å². The highest BCUT2D eigenvalue weighted by Crippen LogP contribution is 2.33. The van der Waals surface area contributed by atoms with Crippen LogP contribution >= 0.6 is 0 Å². The van der Waals surface area contributed by atoms with Crippen LogP contribution < -0.4 is 24.8 Å². The van der Waals surface area contributed by atoms with Gasteiger partial charge in [-0.05, 0) is 48.5 Å². The number of methoxy groups -OCH3 is 1. The Balaban J connectivity index is 1.41. The van der Waals surface area contributed by atoms with Crippen LogP contribution in [0.1, 0.15) is 10.5 Å². The zero-order valence-electron chi connectivity index (χ0n) is 15.3. The second-order valence-electron chi connectivity index (χ2n) is 6.10. The highest BCUT2D eigenvalue weighted by atomic mass is 16.6. The molecule has 1 aromatic heterocycles. The number of nitrogens with zero attached hydrogens (tertiary/aromatic N) is 1. The van der Waals surface area contributed by atoms with Gasteiger partial charge < -0.3 is 24.8 Å². The fourth-order valence-corrected chi connectivity index (χ4v) is 2.76. The molecule has 28 heavy (non-hydrogen) atoms. The quantitative estimate of drug-likeness (QED) is 0.703. The van der Waals surface area contributed by atoms with E-state index in [4.69, 9.17) is 14.2 Å². The summed E-state index contributed by atoms with van der Waals surface area (Å²) in [6, 6.07) is 16.2. The van der Waals surface area contributed by atoms with Crippen LogP contribution in [0.25, 0.3) is 0 Å². The summed E-state index contributed by atoms with van der Waals surface area (Å²) in [6.07, 6.45) is 1.61. The standard InChI is InChI=1S/C21H19N3O4/c1-26-17-6-2-14(3-7-17)24-21(25)18-8-4-16(13-22-18)23-15-5-9-19-20(12-15)28-11-10-27-19/h2-9,12-13,23H,10-11H2,1H3,(H,24,25). The fourth-order valence-electron chi connectivity index (χ4n) is 2.76. The van der Waals surface area contributed by atoms with Gasteiger partial charge in [0, 0.05) is 17.4 Å². The van der Waals surface area contributed by atoms with Crippen molar-refractivity contribution in [2.24, 2.45) is 0 Å². The van der Waals surface area contributed by atoms with Gasteiger partial charge >= 0.3 is 0 Å². The van der Waals surface area contributed by atoms with E-state index >= 15 is 0 Å². The van der Waals surface area contributed by atoms with Crippen LogP contribution in [0, 0.1) is 0 Å². The number of nitrogens with one attached hydrogen (secondary N) is 2. The fraction of sp³-hybridized carbons (Fsp3) is 0.143. The summed E-state index contributed by atoms with van der Waals surface area (Å²) in [5.74, 6) is 1.89. The zero-order valence-corrected chi connectivity index (χ0v) is 15.3. The van der Waals surface area contributed by atoms with Crippen LogP contribution in [0.4, 0.5) is 17.1 Å². The summed E-state index contributed by atoms with van der Waals surface area (Å²) in [5.41, 5.74) is 2.61. The Kier molecular flexibility index (Phi) is 4.97. The first kappa shape index (κ1) is 17.7. The Hall–Kier alpha value is -3.74. The lowest BCUT2D eigenvalue weighted by molar-refractivity contribution is 0.102. The lowest BCUT2D eigenvalue weighted by Crippen LogP contribution is -2.15. The lowest BCUT2D eigenvalue weighted by atomic mass is 10.2. The zero-order chi connectivity index (χ0) is 19.3. The van der Waals surface area contributed by atoms with E-state index in [0.717, 1.165) is 22.9 Å². The van der Waals surface area contributed by atoms with Crippen molar-refractivity contribution in [2.75, 3.05) is 31.0 Å². The summed E-state index contributed by atoms with van der Waals surface area (Å²) in [5, 5.41) is 6.04. The van der Waals surface area contributed by atoms with Crippen molar-refractivity contribution in [2.45, 2.75) is 0 Å². The van der Waals surface area contributed by atoms with Gasteiger partial charge in [0.05, 0.1) is 19.0 Å². The molecule has 142 valence electrons. The predicted octanol–water partition coefficient (Wildman–Crippen LogP) is 3.86. The third kappa shape index (κ3) is 3.98. The molecule has 0 aliphatic carbocycles. The van der Waals surface area contributed by atoms with Crippen molar-refractivity contribution >= 4 is 23.0 Å². The SMILES string of the molecule is COc1ccc(NC(=O)c2ccc(Nc3ccc4c(c3)OCCO4)cn2)cc1. The molecule has 0 saturated heterocycles. The van der Waals surface area contributed by atoms with Crippen molar-refractivity contribution < 1.29 is 19.0 Å². The van der Waals surface area contributed by atoms with Gasteiger partial charge in [0.25, 0.3) is 5.91 Å². The number of ether oxygens (including phenoxy) is 3. The molecule has 0 fully saturated rings. The topological polar surface area (TPSA) is 81.7 Å². The molecule has 7 heteroatoms. The van der Waals surface area contributed by atoms with Gasteiger partial charge in [-0.2, -0.15) is 0 Å². The van der Waals surface area contributed by atoms with Gasteiger partial charge in [-0.3, -0.25) is 4.79 Å². The molecular formula is C21H19N3O4. The number of carbonyl (C=O) groups excluding carboxylic acids is 1. The maximum atomic E-state index is 12.3. The molecule has 0 saturated carbocycles. The van der Waals surface area contributed by atoms with Gasteiger partial charge in [0.1, 0.15) is 24.7 Å². The number of aromatic nitrogens is 1. The molecule has 0 spiro atoms. The van der Waals surface area contributed by atoms with Crippen LogP contribution in [0.15, 0.2) is 60.8 Å². The first-order valence-corrected chi connectivity index (χ1v) is 8.79. The maximum absolute atomic E-state index is 12.3. The van der Waals surface area contributed by atoms with Gasteiger partial charge in [-0.15, -0.1) is 0 Å². The first-order valence-electron chi connectivity index (χ1n) is 8.79. The third-order valence-corrected chi connectivity index (χ3v) is 4.17. The van der Waals surface area contributed by atoms with Gasteiger partial charge in [0.15, 0.2) is 11.5 Å². The Morgan fingerprint density at radius 1 is 0.929 bits per heavy atom. The van der Waals surface area contributed by atoms with Crippen LogP contribution in [0.3, 0.4) is 0 Å². The molecule has 1 amide bonds. The molecule has 1 aliphatic heterocycles. The minimum absolute atomic E-state index is 0.281.